The third kappa shape index (κ3) is 9.70. The topological polar surface area (TPSA) is 35.5 Å². The van der Waals surface area contributed by atoms with Crippen LogP contribution in [0.4, 0.5) is 0 Å². The van der Waals surface area contributed by atoms with Gasteiger partial charge in [-0.2, -0.15) is 0 Å². The van der Waals surface area contributed by atoms with Gasteiger partial charge < -0.3 is 9.47 Å². The fraction of sp³-hybridized carbons (Fsp3) is 0.533. The molecule has 0 radical (unpaired) electrons. The van der Waals surface area contributed by atoms with Crippen molar-refractivity contribution in [3.8, 4) is 5.75 Å². The molecule has 18 heavy (non-hydrogen) atoms. The first kappa shape index (κ1) is 16.5. The highest BCUT2D eigenvalue weighted by Crippen LogP contribution is 2.05. The van der Waals surface area contributed by atoms with Crippen molar-refractivity contribution in [2.24, 2.45) is 0 Å². The van der Waals surface area contributed by atoms with Gasteiger partial charge in [-0.15, -0.1) is 0 Å². The minimum absolute atomic E-state index is 0.0593. The second kappa shape index (κ2) is 12.0. The van der Waals surface area contributed by atoms with Crippen molar-refractivity contribution in [3.05, 3.63) is 30.3 Å². The number of carbonyl (C=O) groups excluding carboxylic acids is 1. The molecule has 0 N–H and O–H groups in total. The third-order valence-corrected chi connectivity index (χ3v) is 2.19. The van der Waals surface area contributed by atoms with E-state index in [1.54, 1.807) is 7.11 Å². The van der Waals surface area contributed by atoms with Crippen LogP contribution in [0.1, 0.15) is 39.5 Å². The van der Waals surface area contributed by atoms with E-state index in [2.05, 4.69) is 6.92 Å². The van der Waals surface area contributed by atoms with Gasteiger partial charge >= 0.3 is 5.97 Å². The van der Waals surface area contributed by atoms with Gasteiger partial charge in [0.1, 0.15) is 5.75 Å². The molecule has 1 aromatic rings. The number of methoxy groups -OCH3 is 1. The van der Waals surface area contributed by atoms with Crippen molar-refractivity contribution < 1.29 is 14.3 Å². The Morgan fingerprint density at radius 1 is 1.11 bits per heavy atom. The number of hydrogen-bond acceptors (Lipinski definition) is 3. The molecule has 3 nitrogen and oxygen atoms in total. The van der Waals surface area contributed by atoms with E-state index >= 15 is 0 Å². The molecule has 1 aromatic carbocycles. The molecule has 0 saturated carbocycles. The molecule has 1 rings (SSSR count). The summed E-state index contributed by atoms with van der Waals surface area (Å²) in [5.41, 5.74) is 0. The standard InChI is InChI=1S/C8H16O2.C7H8O/c1-3-5-7-10-8(9)6-4-2;1-8-7-5-3-2-4-6-7/h3-7H2,1-2H3;2-6H,1H3. The van der Waals surface area contributed by atoms with Crippen molar-refractivity contribution in [2.75, 3.05) is 13.7 Å². The zero-order valence-electron chi connectivity index (χ0n) is 11.6. The van der Waals surface area contributed by atoms with Crippen molar-refractivity contribution in [1.82, 2.24) is 0 Å². The molecule has 0 aromatic heterocycles. The average molecular weight is 252 g/mol. The summed E-state index contributed by atoms with van der Waals surface area (Å²) in [4.78, 5) is 10.7. The second-order valence-electron chi connectivity index (χ2n) is 3.84. The Morgan fingerprint density at radius 3 is 2.22 bits per heavy atom. The number of unbranched alkanes of at least 4 members (excludes halogenated alkanes) is 1. The fourth-order valence-corrected chi connectivity index (χ4v) is 1.16. The van der Waals surface area contributed by atoms with Gasteiger partial charge in [0.25, 0.3) is 0 Å². The molecule has 0 fully saturated rings. The third-order valence-electron chi connectivity index (χ3n) is 2.19. The lowest BCUT2D eigenvalue weighted by molar-refractivity contribution is -0.143. The Kier molecular flexibility index (Phi) is 11.0. The number of rotatable bonds is 6. The number of benzene rings is 1. The van der Waals surface area contributed by atoms with Gasteiger partial charge in [-0.25, -0.2) is 0 Å². The minimum atomic E-state index is -0.0593. The molecule has 0 spiro atoms. The normalized spacial score (nSPS) is 9.06. The fourth-order valence-electron chi connectivity index (χ4n) is 1.16. The van der Waals surface area contributed by atoms with E-state index in [4.69, 9.17) is 9.47 Å². The Hall–Kier alpha value is -1.51. The van der Waals surface area contributed by atoms with Crippen LogP contribution in [0.25, 0.3) is 0 Å². The predicted molar refractivity (Wildman–Crippen MR) is 73.8 cm³/mol. The highest BCUT2D eigenvalue weighted by molar-refractivity contribution is 5.69. The summed E-state index contributed by atoms with van der Waals surface area (Å²) in [6.45, 7) is 4.64. The summed E-state index contributed by atoms with van der Waals surface area (Å²) in [6.07, 6.45) is 3.50. The van der Waals surface area contributed by atoms with Crippen LogP contribution in [0.5, 0.6) is 5.75 Å². The average Bonchev–Trinajstić information content (AvgIpc) is 2.41. The van der Waals surface area contributed by atoms with Gasteiger partial charge in [0.05, 0.1) is 13.7 Å². The van der Waals surface area contributed by atoms with E-state index in [1.807, 2.05) is 37.3 Å². The van der Waals surface area contributed by atoms with Crippen molar-refractivity contribution in [1.29, 1.82) is 0 Å². The van der Waals surface area contributed by atoms with Crippen molar-refractivity contribution in [3.63, 3.8) is 0 Å². The molecule has 0 aliphatic rings. The maximum Gasteiger partial charge on any atom is 0.305 e. The van der Waals surface area contributed by atoms with E-state index in [1.165, 1.54) is 0 Å². The zero-order chi connectivity index (χ0) is 13.6. The first-order valence-corrected chi connectivity index (χ1v) is 6.49. The molecular weight excluding hydrogens is 228 g/mol. The molecule has 0 heterocycles. The summed E-state index contributed by atoms with van der Waals surface area (Å²) in [7, 11) is 1.66. The Morgan fingerprint density at radius 2 is 1.78 bits per heavy atom. The highest BCUT2D eigenvalue weighted by atomic mass is 16.5. The molecule has 3 heteroatoms. The molecule has 0 aliphatic carbocycles. The SMILES string of the molecule is CCCCOC(=O)CCC.COc1ccccc1. The van der Waals surface area contributed by atoms with Crippen LogP contribution in [0, 0.1) is 0 Å². The first-order chi connectivity index (χ1) is 8.74. The van der Waals surface area contributed by atoms with Gasteiger partial charge in [-0.3, -0.25) is 4.79 Å². The lowest BCUT2D eigenvalue weighted by Crippen LogP contribution is -2.04. The monoisotopic (exact) mass is 252 g/mol. The molecule has 0 atom stereocenters. The molecular formula is C15H24O3. The van der Waals surface area contributed by atoms with E-state index in [-0.39, 0.29) is 5.97 Å². The largest absolute Gasteiger partial charge is 0.497 e. The lowest BCUT2D eigenvalue weighted by atomic mass is 10.3. The van der Waals surface area contributed by atoms with E-state index < -0.39 is 0 Å². The van der Waals surface area contributed by atoms with Gasteiger partial charge in [0.2, 0.25) is 0 Å². The summed E-state index contributed by atoms with van der Waals surface area (Å²) in [6, 6.07) is 9.68. The number of esters is 1. The second-order valence-corrected chi connectivity index (χ2v) is 3.84. The Labute approximate surface area is 110 Å². The molecule has 0 saturated heterocycles. The van der Waals surface area contributed by atoms with Gasteiger partial charge in [0, 0.05) is 6.42 Å². The molecule has 102 valence electrons. The summed E-state index contributed by atoms with van der Waals surface area (Å²) < 4.78 is 9.80. The summed E-state index contributed by atoms with van der Waals surface area (Å²) in [5, 5.41) is 0. The van der Waals surface area contributed by atoms with Gasteiger partial charge in [0.15, 0.2) is 0 Å². The highest BCUT2D eigenvalue weighted by Gasteiger charge is 1.97. The smallest absolute Gasteiger partial charge is 0.305 e. The van der Waals surface area contributed by atoms with Crippen LogP contribution >= 0.6 is 0 Å². The maximum absolute atomic E-state index is 10.7. The van der Waals surface area contributed by atoms with Crippen LogP contribution in [-0.2, 0) is 9.53 Å². The van der Waals surface area contributed by atoms with Gasteiger partial charge in [-0.1, -0.05) is 38.5 Å². The zero-order valence-corrected chi connectivity index (χ0v) is 11.6. The summed E-state index contributed by atoms with van der Waals surface area (Å²) >= 11 is 0. The minimum Gasteiger partial charge on any atom is -0.497 e. The Bertz CT molecular complexity index is 296. The van der Waals surface area contributed by atoms with Crippen LogP contribution in [-0.4, -0.2) is 19.7 Å². The lowest BCUT2D eigenvalue weighted by Gasteiger charge is -2.00. The van der Waals surface area contributed by atoms with Crippen LogP contribution in [0.3, 0.4) is 0 Å². The molecule has 0 bridgehead atoms. The van der Waals surface area contributed by atoms with Crippen LogP contribution < -0.4 is 4.74 Å². The number of para-hydroxylation sites is 1. The number of ether oxygens (including phenoxy) is 2. The summed E-state index contributed by atoms with van der Waals surface area (Å²) in [5.74, 6) is 0.850. The van der Waals surface area contributed by atoms with Crippen molar-refractivity contribution >= 4 is 5.97 Å². The first-order valence-electron chi connectivity index (χ1n) is 6.49. The number of hydrogen-bond donors (Lipinski definition) is 0. The predicted octanol–water partition coefficient (Wildman–Crippen LogP) is 3.83. The van der Waals surface area contributed by atoms with E-state index in [0.29, 0.717) is 13.0 Å². The van der Waals surface area contributed by atoms with Crippen molar-refractivity contribution in [2.45, 2.75) is 39.5 Å². The molecule has 0 amide bonds. The van der Waals surface area contributed by atoms with E-state index in [0.717, 1.165) is 25.0 Å². The van der Waals surface area contributed by atoms with E-state index in [9.17, 15) is 4.79 Å². The molecule has 0 unspecified atom stereocenters. The van der Waals surface area contributed by atoms with Crippen LogP contribution in [0.15, 0.2) is 30.3 Å². The van der Waals surface area contributed by atoms with Crippen LogP contribution in [0.2, 0.25) is 0 Å². The molecule has 0 aliphatic heterocycles. The van der Waals surface area contributed by atoms with Gasteiger partial charge in [-0.05, 0) is 25.0 Å². The maximum atomic E-state index is 10.7. The quantitative estimate of drug-likeness (QED) is 0.570. The number of carbonyl (C=O) groups is 1. The Balaban J connectivity index is 0.000000327.